The van der Waals surface area contributed by atoms with Gasteiger partial charge in [0.25, 0.3) is 0 Å². The van der Waals surface area contributed by atoms with Crippen molar-refractivity contribution in [3.05, 3.63) is 40.7 Å². The third kappa shape index (κ3) is 2.10. The van der Waals surface area contributed by atoms with E-state index in [2.05, 4.69) is 18.3 Å². The van der Waals surface area contributed by atoms with Gasteiger partial charge in [0, 0.05) is 6.04 Å². The van der Waals surface area contributed by atoms with Gasteiger partial charge in [-0.1, -0.05) is 17.7 Å². The molecule has 1 aliphatic rings. The van der Waals surface area contributed by atoms with E-state index >= 15 is 0 Å². The molecule has 1 N–H and O–H groups in total. The Kier molecular flexibility index (Phi) is 2.87. The Morgan fingerprint density at radius 3 is 2.87 bits per heavy atom. The van der Waals surface area contributed by atoms with Crippen molar-refractivity contribution in [2.45, 2.75) is 25.8 Å². The minimum Gasteiger partial charge on any atom is -0.314 e. The van der Waals surface area contributed by atoms with Gasteiger partial charge in [-0.15, -0.1) is 0 Å². The highest BCUT2D eigenvalue weighted by Crippen LogP contribution is 2.26. The molecule has 1 nitrogen and oxygen atoms in total. The minimum absolute atomic E-state index is 0.132. The van der Waals surface area contributed by atoms with Crippen LogP contribution in [0.15, 0.2) is 23.8 Å². The molecule has 2 heteroatoms. The number of aryl methyl sites for hydroxylation is 1. The molecule has 0 aromatic heterocycles. The number of halogens is 1. The third-order valence-electron chi connectivity index (χ3n) is 3.12. The van der Waals surface area contributed by atoms with E-state index in [0.717, 1.165) is 18.4 Å². The van der Waals surface area contributed by atoms with E-state index in [-0.39, 0.29) is 5.82 Å². The summed E-state index contributed by atoms with van der Waals surface area (Å²) in [5.74, 6) is -0.132. The lowest BCUT2D eigenvalue weighted by Crippen LogP contribution is -2.24. The monoisotopic (exact) mass is 205 g/mol. The van der Waals surface area contributed by atoms with Crippen molar-refractivity contribution in [2.24, 2.45) is 0 Å². The van der Waals surface area contributed by atoms with Crippen molar-refractivity contribution in [2.75, 3.05) is 7.05 Å². The van der Waals surface area contributed by atoms with Gasteiger partial charge in [0.15, 0.2) is 0 Å². The van der Waals surface area contributed by atoms with E-state index < -0.39 is 0 Å². The largest absolute Gasteiger partial charge is 0.314 e. The summed E-state index contributed by atoms with van der Waals surface area (Å²) < 4.78 is 13.0. The molecule has 0 bridgehead atoms. The van der Waals surface area contributed by atoms with Crippen molar-refractivity contribution in [1.82, 2.24) is 5.32 Å². The molecule has 1 unspecified atom stereocenters. The maximum atomic E-state index is 13.0. The van der Waals surface area contributed by atoms with E-state index in [1.165, 1.54) is 17.2 Å². The van der Waals surface area contributed by atoms with Crippen molar-refractivity contribution >= 4 is 6.08 Å². The smallest absolute Gasteiger partial charge is 0.123 e. The first-order chi connectivity index (χ1) is 7.20. The summed E-state index contributed by atoms with van der Waals surface area (Å²) in [6.07, 6.45) is 4.16. The summed E-state index contributed by atoms with van der Waals surface area (Å²) in [5, 5.41) is 3.23. The number of likely N-dealkylation sites (N-methyl/N-ethyl adjacent to an activating group) is 1. The van der Waals surface area contributed by atoms with E-state index in [1.54, 1.807) is 6.07 Å². The normalized spacial score (nSPS) is 16.9. The fourth-order valence-electron chi connectivity index (χ4n) is 2.01. The van der Waals surface area contributed by atoms with Crippen LogP contribution in [0, 0.1) is 5.82 Å². The Bertz CT molecular complexity index is 396. The lowest BCUT2D eigenvalue weighted by atomic mass is 9.89. The van der Waals surface area contributed by atoms with Crippen molar-refractivity contribution in [3.63, 3.8) is 0 Å². The van der Waals surface area contributed by atoms with Crippen LogP contribution in [-0.2, 0) is 6.42 Å². The van der Waals surface area contributed by atoms with Gasteiger partial charge in [-0.2, -0.15) is 0 Å². The summed E-state index contributed by atoms with van der Waals surface area (Å²) in [6.45, 7) is 2.15. The van der Waals surface area contributed by atoms with E-state index in [9.17, 15) is 4.39 Å². The summed E-state index contributed by atoms with van der Waals surface area (Å²) in [6, 6.07) is 5.45. The fraction of sp³-hybridized carbons (Fsp3) is 0.385. The lowest BCUT2D eigenvalue weighted by Gasteiger charge is -2.21. The molecule has 0 spiro atoms. The zero-order valence-electron chi connectivity index (χ0n) is 9.18. The highest BCUT2D eigenvalue weighted by molar-refractivity contribution is 5.60. The first-order valence-corrected chi connectivity index (χ1v) is 5.37. The molecule has 0 radical (unpaired) electrons. The second kappa shape index (κ2) is 4.15. The molecule has 0 saturated heterocycles. The standard InChI is InChI=1S/C13H16FN/c1-9(15-2)10-3-4-12-8-13(14)6-5-11(12)7-10/h5-9,15H,3-4H2,1-2H3. The fourth-order valence-corrected chi connectivity index (χ4v) is 2.01. The van der Waals surface area contributed by atoms with Gasteiger partial charge in [-0.3, -0.25) is 0 Å². The average molecular weight is 205 g/mol. The second-order valence-corrected chi connectivity index (χ2v) is 4.07. The molecule has 0 heterocycles. The van der Waals surface area contributed by atoms with Gasteiger partial charge < -0.3 is 5.32 Å². The molecule has 15 heavy (non-hydrogen) atoms. The van der Waals surface area contributed by atoms with Crippen LogP contribution in [0.4, 0.5) is 4.39 Å². The summed E-state index contributed by atoms with van der Waals surface area (Å²) in [5.41, 5.74) is 3.69. The second-order valence-electron chi connectivity index (χ2n) is 4.07. The van der Waals surface area contributed by atoms with Crippen LogP contribution in [0.25, 0.3) is 6.08 Å². The number of hydrogen-bond acceptors (Lipinski definition) is 1. The van der Waals surface area contributed by atoms with Crippen LogP contribution in [0.2, 0.25) is 0 Å². The number of nitrogens with one attached hydrogen (secondary N) is 1. The summed E-state index contributed by atoms with van der Waals surface area (Å²) >= 11 is 0. The predicted molar refractivity (Wildman–Crippen MR) is 61.2 cm³/mol. The maximum Gasteiger partial charge on any atom is 0.123 e. The van der Waals surface area contributed by atoms with Crippen LogP contribution < -0.4 is 5.32 Å². The maximum absolute atomic E-state index is 13.0. The van der Waals surface area contributed by atoms with Crippen LogP contribution >= 0.6 is 0 Å². The first kappa shape index (κ1) is 10.4. The highest BCUT2D eigenvalue weighted by Gasteiger charge is 2.14. The van der Waals surface area contributed by atoms with Gasteiger partial charge in [0.1, 0.15) is 5.82 Å². The summed E-state index contributed by atoms with van der Waals surface area (Å²) in [7, 11) is 1.96. The van der Waals surface area contributed by atoms with Gasteiger partial charge >= 0.3 is 0 Å². The van der Waals surface area contributed by atoms with Gasteiger partial charge in [-0.05, 0) is 50.1 Å². The SMILES string of the molecule is CNC(C)C1=Cc2ccc(F)cc2CC1. The Morgan fingerprint density at radius 1 is 1.33 bits per heavy atom. The number of fused-ring (bicyclic) bond motifs is 1. The third-order valence-corrected chi connectivity index (χ3v) is 3.12. The molecule has 1 aromatic rings. The molecular weight excluding hydrogens is 189 g/mol. The topological polar surface area (TPSA) is 12.0 Å². The Morgan fingerprint density at radius 2 is 2.13 bits per heavy atom. The molecule has 1 atom stereocenters. The number of hydrogen-bond donors (Lipinski definition) is 1. The highest BCUT2D eigenvalue weighted by atomic mass is 19.1. The molecule has 1 aliphatic carbocycles. The van der Waals surface area contributed by atoms with Crippen LogP contribution in [0.3, 0.4) is 0 Å². The quantitative estimate of drug-likeness (QED) is 0.782. The Balaban J connectivity index is 2.33. The zero-order valence-corrected chi connectivity index (χ0v) is 9.18. The summed E-state index contributed by atoms with van der Waals surface area (Å²) in [4.78, 5) is 0. The average Bonchev–Trinajstić information content (AvgIpc) is 2.27. The van der Waals surface area contributed by atoms with Crippen LogP contribution in [0.1, 0.15) is 24.5 Å². The molecular formula is C13H16FN. The van der Waals surface area contributed by atoms with E-state index in [4.69, 9.17) is 0 Å². The van der Waals surface area contributed by atoms with Gasteiger partial charge in [0.2, 0.25) is 0 Å². The Hall–Kier alpha value is -1.15. The Labute approximate surface area is 90.0 Å². The van der Waals surface area contributed by atoms with Crippen molar-refractivity contribution in [1.29, 1.82) is 0 Å². The van der Waals surface area contributed by atoms with Crippen LogP contribution in [-0.4, -0.2) is 13.1 Å². The number of benzene rings is 1. The molecule has 1 aromatic carbocycles. The van der Waals surface area contributed by atoms with Crippen molar-refractivity contribution < 1.29 is 4.39 Å². The lowest BCUT2D eigenvalue weighted by molar-refractivity contribution is 0.622. The predicted octanol–water partition coefficient (Wildman–Crippen LogP) is 2.76. The van der Waals surface area contributed by atoms with Gasteiger partial charge in [-0.25, -0.2) is 4.39 Å². The number of rotatable bonds is 2. The zero-order chi connectivity index (χ0) is 10.8. The molecule has 2 rings (SSSR count). The van der Waals surface area contributed by atoms with Crippen LogP contribution in [0.5, 0.6) is 0 Å². The molecule has 80 valence electrons. The molecule has 0 saturated carbocycles. The van der Waals surface area contributed by atoms with E-state index in [1.807, 2.05) is 13.1 Å². The van der Waals surface area contributed by atoms with Crippen molar-refractivity contribution in [3.8, 4) is 0 Å². The molecule has 0 fully saturated rings. The van der Waals surface area contributed by atoms with Gasteiger partial charge in [0.05, 0.1) is 0 Å². The minimum atomic E-state index is -0.132. The van der Waals surface area contributed by atoms with E-state index in [0.29, 0.717) is 6.04 Å². The molecule has 0 amide bonds. The first-order valence-electron chi connectivity index (χ1n) is 5.37. The molecule has 0 aliphatic heterocycles.